The summed E-state index contributed by atoms with van der Waals surface area (Å²) in [5.41, 5.74) is 3.20. The minimum Gasteiger partial charge on any atom is -0.488 e. The maximum atomic E-state index is 14.0. The molecule has 2 heterocycles. The van der Waals surface area contributed by atoms with Crippen LogP contribution in [0.4, 0.5) is 5.69 Å². The molecule has 3 aromatic carbocycles. The minimum absolute atomic E-state index is 0.130. The number of para-hydroxylation sites is 1. The van der Waals surface area contributed by atoms with E-state index in [9.17, 15) is 8.42 Å². The van der Waals surface area contributed by atoms with Gasteiger partial charge >= 0.3 is 0 Å². The summed E-state index contributed by atoms with van der Waals surface area (Å²) in [5.74, 6) is 0.476. The summed E-state index contributed by atoms with van der Waals surface area (Å²) in [7, 11) is -3.89. The first-order valence-corrected chi connectivity index (χ1v) is 13.9. The molecule has 9 heteroatoms. The number of benzene rings is 3. The van der Waals surface area contributed by atoms with Crippen LogP contribution in [0.5, 0.6) is 5.75 Å². The number of sulfonamides is 1. The normalized spacial score (nSPS) is 19.5. The van der Waals surface area contributed by atoms with Gasteiger partial charge in [0.25, 0.3) is 10.0 Å². The van der Waals surface area contributed by atoms with E-state index in [0.717, 1.165) is 11.1 Å². The average molecular weight is 545 g/mol. The Morgan fingerprint density at radius 3 is 2.47 bits per heavy atom. The summed E-state index contributed by atoms with van der Waals surface area (Å²) in [5, 5.41) is 0.907. The lowest BCUT2D eigenvalue weighted by Crippen LogP contribution is -2.41. The number of rotatable bonds is 6. The second-order valence-corrected chi connectivity index (χ2v) is 11.3. The second kappa shape index (κ2) is 10.4. The Hall–Kier alpha value is -2.55. The van der Waals surface area contributed by atoms with E-state index in [4.69, 9.17) is 32.7 Å². The predicted octanol–water partition coefficient (Wildman–Crippen LogP) is 5.85. The highest BCUT2D eigenvalue weighted by Crippen LogP contribution is 2.48. The molecule has 1 saturated heterocycles. The summed E-state index contributed by atoms with van der Waals surface area (Å²) < 4.78 is 41.0. The molecular formula is C27H26Cl2N2O4S. The fourth-order valence-corrected chi connectivity index (χ4v) is 6.65. The van der Waals surface area contributed by atoms with Gasteiger partial charge in [-0.3, -0.25) is 4.90 Å². The van der Waals surface area contributed by atoms with E-state index in [2.05, 4.69) is 4.90 Å². The maximum absolute atomic E-state index is 14.0. The molecule has 0 saturated carbocycles. The third kappa shape index (κ3) is 4.86. The largest absolute Gasteiger partial charge is 0.488 e. The third-order valence-electron chi connectivity index (χ3n) is 6.36. The van der Waals surface area contributed by atoms with E-state index in [0.29, 0.717) is 53.5 Å². The fraction of sp³-hybridized carbons (Fsp3) is 0.259. The molecule has 0 N–H and O–H groups in total. The van der Waals surface area contributed by atoms with Crippen molar-refractivity contribution in [1.82, 2.24) is 4.90 Å². The average Bonchev–Trinajstić information content (AvgIpc) is 3.21. The molecule has 36 heavy (non-hydrogen) atoms. The molecule has 0 amide bonds. The van der Waals surface area contributed by atoms with E-state index >= 15 is 0 Å². The van der Waals surface area contributed by atoms with Gasteiger partial charge in [0, 0.05) is 23.7 Å². The Kier molecular flexibility index (Phi) is 7.28. The van der Waals surface area contributed by atoms with Crippen LogP contribution < -0.4 is 9.04 Å². The van der Waals surface area contributed by atoms with Gasteiger partial charge in [-0.1, -0.05) is 59.1 Å². The SMILES string of the molecule is Cc1ccc(S(=O)(=O)N2/C(=C\COc3ccc(Cl)cc3Cl)C(N3CCOCC3)c3ccccc32)cc1. The molecule has 0 aromatic heterocycles. The summed E-state index contributed by atoms with van der Waals surface area (Å²) in [6, 6.07) is 19.3. The van der Waals surface area contributed by atoms with Crippen molar-refractivity contribution in [1.29, 1.82) is 0 Å². The van der Waals surface area contributed by atoms with Gasteiger partial charge in [0.05, 0.1) is 40.6 Å². The highest BCUT2D eigenvalue weighted by Gasteiger charge is 2.43. The molecule has 2 aliphatic heterocycles. The van der Waals surface area contributed by atoms with Crippen molar-refractivity contribution in [2.75, 3.05) is 37.2 Å². The van der Waals surface area contributed by atoms with Gasteiger partial charge in [0.2, 0.25) is 0 Å². The quantitative estimate of drug-likeness (QED) is 0.389. The molecular weight excluding hydrogens is 519 g/mol. The van der Waals surface area contributed by atoms with Gasteiger partial charge < -0.3 is 9.47 Å². The third-order valence-corrected chi connectivity index (χ3v) is 8.65. The first-order chi connectivity index (χ1) is 17.4. The molecule has 6 nitrogen and oxygen atoms in total. The van der Waals surface area contributed by atoms with Crippen LogP contribution in [0.25, 0.3) is 0 Å². The Bertz CT molecular complexity index is 1390. The van der Waals surface area contributed by atoms with Gasteiger partial charge in [-0.15, -0.1) is 0 Å². The van der Waals surface area contributed by atoms with E-state index in [1.807, 2.05) is 49.4 Å². The fourth-order valence-electron chi connectivity index (χ4n) is 4.62. The highest BCUT2D eigenvalue weighted by molar-refractivity contribution is 7.93. The van der Waals surface area contributed by atoms with Crippen LogP contribution in [0.1, 0.15) is 17.2 Å². The van der Waals surface area contributed by atoms with Crippen molar-refractivity contribution >= 4 is 38.9 Å². The molecule has 0 bridgehead atoms. The Morgan fingerprint density at radius 2 is 1.75 bits per heavy atom. The molecule has 2 aliphatic rings. The van der Waals surface area contributed by atoms with Crippen molar-refractivity contribution in [3.05, 3.63) is 99.7 Å². The predicted molar refractivity (Wildman–Crippen MR) is 142 cm³/mol. The first-order valence-electron chi connectivity index (χ1n) is 11.7. The number of nitrogens with zero attached hydrogens (tertiary/aromatic N) is 2. The second-order valence-electron chi connectivity index (χ2n) is 8.71. The Morgan fingerprint density at radius 1 is 1.03 bits per heavy atom. The lowest BCUT2D eigenvalue weighted by atomic mass is 10.0. The monoisotopic (exact) mass is 544 g/mol. The number of hydrogen-bond acceptors (Lipinski definition) is 5. The van der Waals surface area contributed by atoms with E-state index in [-0.39, 0.29) is 17.5 Å². The highest BCUT2D eigenvalue weighted by atomic mass is 35.5. The van der Waals surface area contributed by atoms with Gasteiger partial charge in [0.1, 0.15) is 12.4 Å². The van der Waals surface area contributed by atoms with Crippen molar-refractivity contribution in [3.63, 3.8) is 0 Å². The summed E-state index contributed by atoms with van der Waals surface area (Å²) in [4.78, 5) is 2.49. The van der Waals surface area contributed by atoms with Crippen molar-refractivity contribution in [2.45, 2.75) is 17.9 Å². The zero-order valence-corrected chi connectivity index (χ0v) is 22.1. The molecule has 3 aromatic rings. The van der Waals surface area contributed by atoms with E-state index < -0.39 is 10.0 Å². The summed E-state index contributed by atoms with van der Waals surface area (Å²) >= 11 is 12.3. The lowest BCUT2D eigenvalue weighted by molar-refractivity contribution is 0.0241. The van der Waals surface area contributed by atoms with Gasteiger partial charge in [-0.2, -0.15) is 0 Å². The minimum atomic E-state index is -3.89. The number of halogens is 2. The van der Waals surface area contributed by atoms with Crippen LogP contribution in [-0.4, -0.2) is 46.2 Å². The Labute approximate surface area is 221 Å². The van der Waals surface area contributed by atoms with Gasteiger partial charge in [-0.05, 0) is 49.4 Å². The molecule has 0 spiro atoms. The number of morpholine rings is 1. The molecule has 5 rings (SSSR count). The number of ether oxygens (including phenoxy) is 2. The van der Waals surface area contributed by atoms with Crippen LogP contribution >= 0.6 is 23.2 Å². The molecule has 0 radical (unpaired) electrons. The molecule has 188 valence electrons. The van der Waals surface area contributed by atoms with E-state index in [1.165, 1.54) is 4.31 Å². The van der Waals surface area contributed by atoms with Crippen LogP contribution in [0.3, 0.4) is 0 Å². The Balaban J connectivity index is 1.58. The van der Waals surface area contributed by atoms with Crippen LogP contribution in [0, 0.1) is 6.92 Å². The molecule has 0 aliphatic carbocycles. The van der Waals surface area contributed by atoms with Crippen LogP contribution in [-0.2, 0) is 14.8 Å². The smallest absolute Gasteiger partial charge is 0.268 e. The number of hydrogen-bond donors (Lipinski definition) is 0. The van der Waals surface area contributed by atoms with Crippen molar-refractivity contribution < 1.29 is 17.9 Å². The molecule has 1 fully saturated rings. The summed E-state index contributed by atoms with van der Waals surface area (Å²) in [6.45, 7) is 4.63. The van der Waals surface area contributed by atoms with Crippen LogP contribution in [0.2, 0.25) is 10.0 Å². The number of anilines is 1. The molecule has 1 unspecified atom stereocenters. The zero-order valence-electron chi connectivity index (χ0n) is 19.7. The zero-order chi connectivity index (χ0) is 25.3. The topological polar surface area (TPSA) is 59.1 Å². The van der Waals surface area contributed by atoms with Crippen LogP contribution in [0.15, 0.2) is 83.4 Å². The maximum Gasteiger partial charge on any atom is 0.268 e. The number of aryl methyl sites for hydroxylation is 1. The summed E-state index contributed by atoms with van der Waals surface area (Å²) in [6.07, 6.45) is 1.83. The first kappa shape index (κ1) is 25.1. The van der Waals surface area contributed by atoms with Gasteiger partial charge in [0.15, 0.2) is 0 Å². The molecule has 1 atom stereocenters. The van der Waals surface area contributed by atoms with Crippen molar-refractivity contribution in [2.24, 2.45) is 0 Å². The van der Waals surface area contributed by atoms with Crippen molar-refractivity contribution in [3.8, 4) is 5.75 Å². The lowest BCUT2D eigenvalue weighted by Gasteiger charge is -2.34. The standard InChI is InChI=1S/C27H26Cl2N2O4S/c1-19-6-9-21(10-7-19)36(32,33)31-24-5-3-2-4-22(24)27(30-13-16-34-17-14-30)25(31)12-15-35-26-11-8-20(28)18-23(26)29/h2-12,18,27H,13-17H2,1H3/b25-12-. The van der Waals surface area contributed by atoms with E-state index in [1.54, 1.807) is 30.3 Å². The number of fused-ring (bicyclic) bond motifs is 1. The van der Waals surface area contributed by atoms with Gasteiger partial charge in [-0.25, -0.2) is 12.7 Å².